The van der Waals surface area contributed by atoms with Crippen LogP contribution in [0.3, 0.4) is 0 Å². The Hall–Kier alpha value is -1.89. The van der Waals surface area contributed by atoms with Crippen LogP contribution < -0.4 is 16.2 Å². The second-order valence-electron chi connectivity index (χ2n) is 5.01. The summed E-state index contributed by atoms with van der Waals surface area (Å²) in [7, 11) is 1.73. The molecule has 1 aliphatic heterocycles. The van der Waals surface area contributed by atoms with Crippen LogP contribution in [-0.2, 0) is 7.05 Å². The molecule has 0 radical (unpaired) electrons. The number of halogens is 1. The van der Waals surface area contributed by atoms with E-state index in [-0.39, 0.29) is 23.8 Å². The predicted molar refractivity (Wildman–Crippen MR) is 79.5 cm³/mol. The number of rotatable bonds is 3. The van der Waals surface area contributed by atoms with Crippen molar-refractivity contribution in [1.82, 2.24) is 25.9 Å². The van der Waals surface area contributed by atoms with Gasteiger partial charge in [-0.05, 0) is 5.56 Å². The molecule has 6 nitrogen and oxygen atoms in total. The summed E-state index contributed by atoms with van der Waals surface area (Å²) in [6.07, 6.45) is 2.19. The fraction of sp³-hybridized carbons (Fsp3) is 0.286. The molecule has 0 saturated carbocycles. The summed E-state index contributed by atoms with van der Waals surface area (Å²) in [6.45, 7) is 0. The van der Waals surface area contributed by atoms with E-state index in [2.05, 4.69) is 33.4 Å². The van der Waals surface area contributed by atoms with Crippen molar-refractivity contribution < 1.29 is 4.79 Å². The van der Waals surface area contributed by atoms with Crippen molar-refractivity contribution in [3.05, 3.63) is 52.8 Å². The monoisotopic (exact) mass is 305 g/mol. The first-order chi connectivity index (χ1) is 10.1. The molecule has 1 aliphatic rings. The maximum absolute atomic E-state index is 12.1. The van der Waals surface area contributed by atoms with E-state index in [1.54, 1.807) is 13.2 Å². The number of hydrazine groups is 1. The third kappa shape index (κ3) is 3.07. The van der Waals surface area contributed by atoms with E-state index in [9.17, 15) is 4.79 Å². The Balaban J connectivity index is 1.62. The van der Waals surface area contributed by atoms with Crippen molar-refractivity contribution in [2.24, 2.45) is 7.05 Å². The summed E-state index contributed by atoms with van der Waals surface area (Å²) in [4.78, 5) is 12.1. The molecule has 3 N–H and O–H groups in total. The van der Waals surface area contributed by atoms with Crippen LogP contribution in [0.4, 0.5) is 0 Å². The van der Waals surface area contributed by atoms with Crippen LogP contribution in [0.5, 0.6) is 0 Å². The van der Waals surface area contributed by atoms with Crippen LogP contribution in [0.25, 0.3) is 0 Å². The standard InChI is InChI=1S/C14H16ClN5O/c1-20-8-10(15)13(19-20)14(21)16-12-7-11(17-18-12)9-5-3-2-4-6-9/h2-6,8,11-12,17-18H,7H2,1H3,(H,16,21). The number of amides is 1. The van der Waals surface area contributed by atoms with Crippen LogP contribution in [0.2, 0.25) is 5.02 Å². The summed E-state index contributed by atoms with van der Waals surface area (Å²) in [6, 6.07) is 10.2. The van der Waals surface area contributed by atoms with Gasteiger partial charge in [0, 0.05) is 25.7 Å². The number of hydrogen-bond donors (Lipinski definition) is 3. The molecule has 21 heavy (non-hydrogen) atoms. The summed E-state index contributed by atoms with van der Waals surface area (Å²) in [5.41, 5.74) is 7.67. The number of nitrogens with one attached hydrogen (secondary N) is 3. The molecule has 2 unspecified atom stereocenters. The topological polar surface area (TPSA) is 71.0 Å². The molecule has 0 bridgehead atoms. The second-order valence-corrected chi connectivity index (χ2v) is 5.42. The number of benzene rings is 1. The average molecular weight is 306 g/mol. The Morgan fingerprint density at radius 1 is 1.38 bits per heavy atom. The third-order valence-corrected chi connectivity index (χ3v) is 3.69. The van der Waals surface area contributed by atoms with E-state index in [1.807, 2.05) is 18.2 Å². The molecule has 1 amide bonds. The fourth-order valence-electron chi connectivity index (χ4n) is 2.39. The number of carbonyl (C=O) groups excluding carboxylic acids is 1. The van der Waals surface area contributed by atoms with Crippen molar-refractivity contribution in [3.63, 3.8) is 0 Å². The van der Waals surface area contributed by atoms with Gasteiger partial charge in [-0.15, -0.1) is 0 Å². The highest BCUT2D eigenvalue weighted by Crippen LogP contribution is 2.21. The number of aryl methyl sites for hydroxylation is 1. The molecular formula is C14H16ClN5O. The van der Waals surface area contributed by atoms with Gasteiger partial charge in [0.05, 0.1) is 11.2 Å². The Morgan fingerprint density at radius 2 is 2.14 bits per heavy atom. The number of aromatic nitrogens is 2. The largest absolute Gasteiger partial charge is 0.334 e. The molecule has 2 atom stereocenters. The minimum Gasteiger partial charge on any atom is -0.334 e. The molecule has 0 spiro atoms. The number of carbonyl (C=O) groups is 1. The highest BCUT2D eigenvalue weighted by Gasteiger charge is 2.27. The molecule has 3 rings (SSSR count). The van der Waals surface area contributed by atoms with Crippen LogP contribution in [0.15, 0.2) is 36.5 Å². The van der Waals surface area contributed by atoms with Crippen molar-refractivity contribution in [1.29, 1.82) is 0 Å². The lowest BCUT2D eigenvalue weighted by Crippen LogP contribution is -2.44. The third-order valence-electron chi connectivity index (χ3n) is 3.41. The Kier molecular flexibility index (Phi) is 3.92. The lowest BCUT2D eigenvalue weighted by molar-refractivity contribution is 0.0926. The Labute approximate surface area is 127 Å². The Morgan fingerprint density at radius 3 is 2.81 bits per heavy atom. The molecule has 1 saturated heterocycles. The molecule has 2 aromatic rings. The van der Waals surface area contributed by atoms with E-state index in [4.69, 9.17) is 11.6 Å². The molecule has 7 heteroatoms. The van der Waals surface area contributed by atoms with Gasteiger partial charge in [-0.1, -0.05) is 41.9 Å². The number of nitrogens with zero attached hydrogens (tertiary/aromatic N) is 2. The highest BCUT2D eigenvalue weighted by atomic mass is 35.5. The quantitative estimate of drug-likeness (QED) is 0.801. The Bertz CT molecular complexity index is 642. The first-order valence-corrected chi connectivity index (χ1v) is 7.07. The van der Waals surface area contributed by atoms with Gasteiger partial charge in [0.25, 0.3) is 5.91 Å². The summed E-state index contributed by atoms with van der Waals surface area (Å²) in [5.74, 6) is -0.284. The maximum Gasteiger partial charge on any atom is 0.274 e. The van der Waals surface area contributed by atoms with E-state index in [0.29, 0.717) is 5.02 Å². The van der Waals surface area contributed by atoms with E-state index < -0.39 is 0 Å². The molecule has 2 heterocycles. The van der Waals surface area contributed by atoms with Crippen LogP contribution in [0, 0.1) is 0 Å². The predicted octanol–water partition coefficient (Wildman–Crippen LogP) is 1.37. The lowest BCUT2D eigenvalue weighted by Gasteiger charge is -2.11. The van der Waals surface area contributed by atoms with Crippen molar-refractivity contribution in [2.75, 3.05) is 0 Å². The zero-order valence-electron chi connectivity index (χ0n) is 11.5. The van der Waals surface area contributed by atoms with Gasteiger partial charge in [0.2, 0.25) is 0 Å². The molecule has 110 valence electrons. The van der Waals surface area contributed by atoms with Crippen LogP contribution in [0.1, 0.15) is 28.5 Å². The number of hydrogen-bond acceptors (Lipinski definition) is 4. The van der Waals surface area contributed by atoms with E-state index in [1.165, 1.54) is 10.2 Å². The van der Waals surface area contributed by atoms with Crippen LogP contribution in [-0.4, -0.2) is 21.9 Å². The van der Waals surface area contributed by atoms with Crippen LogP contribution >= 0.6 is 11.6 Å². The zero-order valence-corrected chi connectivity index (χ0v) is 12.3. The summed E-state index contributed by atoms with van der Waals surface area (Å²) < 4.78 is 1.52. The SMILES string of the molecule is Cn1cc(Cl)c(C(=O)NC2CC(c3ccccc3)NN2)n1. The van der Waals surface area contributed by atoms with Crippen molar-refractivity contribution >= 4 is 17.5 Å². The average Bonchev–Trinajstić information content (AvgIpc) is 3.06. The minimum absolute atomic E-state index is 0.163. The smallest absolute Gasteiger partial charge is 0.274 e. The zero-order chi connectivity index (χ0) is 14.8. The molecule has 1 aromatic carbocycles. The van der Waals surface area contributed by atoms with Gasteiger partial charge in [0.1, 0.15) is 0 Å². The van der Waals surface area contributed by atoms with E-state index >= 15 is 0 Å². The fourth-order valence-corrected chi connectivity index (χ4v) is 2.66. The van der Waals surface area contributed by atoms with Gasteiger partial charge in [-0.25, -0.2) is 10.9 Å². The normalized spacial score (nSPS) is 21.4. The van der Waals surface area contributed by atoms with Gasteiger partial charge < -0.3 is 5.32 Å². The van der Waals surface area contributed by atoms with Gasteiger partial charge in [0.15, 0.2) is 5.69 Å². The molecule has 0 aliphatic carbocycles. The van der Waals surface area contributed by atoms with Gasteiger partial charge in [-0.2, -0.15) is 5.10 Å². The van der Waals surface area contributed by atoms with Gasteiger partial charge in [-0.3, -0.25) is 9.48 Å². The lowest BCUT2D eigenvalue weighted by atomic mass is 10.0. The highest BCUT2D eigenvalue weighted by molar-refractivity contribution is 6.33. The van der Waals surface area contributed by atoms with E-state index in [0.717, 1.165) is 6.42 Å². The van der Waals surface area contributed by atoms with Crippen molar-refractivity contribution in [2.45, 2.75) is 18.6 Å². The first kappa shape index (κ1) is 14.1. The molecule has 1 fully saturated rings. The second kappa shape index (κ2) is 5.85. The summed E-state index contributed by atoms with van der Waals surface area (Å²) in [5, 5.41) is 7.28. The molecular weight excluding hydrogens is 290 g/mol. The first-order valence-electron chi connectivity index (χ1n) is 6.69. The maximum atomic E-state index is 12.1. The minimum atomic E-state index is -0.284. The summed E-state index contributed by atoms with van der Waals surface area (Å²) >= 11 is 5.97. The van der Waals surface area contributed by atoms with Crippen molar-refractivity contribution in [3.8, 4) is 0 Å². The molecule has 1 aromatic heterocycles. The van der Waals surface area contributed by atoms with Gasteiger partial charge >= 0.3 is 0 Å².